The van der Waals surface area contributed by atoms with E-state index in [0.717, 1.165) is 4.68 Å². The van der Waals surface area contributed by atoms with Crippen molar-refractivity contribution in [2.24, 2.45) is 7.05 Å². The van der Waals surface area contributed by atoms with Crippen LogP contribution in [0.25, 0.3) is 0 Å². The van der Waals surface area contributed by atoms with Crippen LogP contribution in [0.4, 0.5) is 5.82 Å². The molecule has 0 saturated carbocycles. The number of nitro groups is 1. The number of ether oxygens (including phenoxy) is 1. The van der Waals surface area contributed by atoms with Gasteiger partial charge in [-0.1, -0.05) is 5.10 Å². The number of methoxy groups -OCH3 is 1. The van der Waals surface area contributed by atoms with Crippen molar-refractivity contribution in [1.82, 2.24) is 9.78 Å². The molecule has 11 heavy (non-hydrogen) atoms. The van der Waals surface area contributed by atoms with Crippen molar-refractivity contribution in [3.05, 3.63) is 16.3 Å². The van der Waals surface area contributed by atoms with Gasteiger partial charge in [0, 0.05) is 0 Å². The molecule has 1 heterocycles. The Morgan fingerprint density at radius 1 is 1.82 bits per heavy atom. The lowest BCUT2D eigenvalue weighted by Gasteiger charge is -1.95. The van der Waals surface area contributed by atoms with E-state index in [-0.39, 0.29) is 11.6 Å². The molecule has 6 heteroatoms. The summed E-state index contributed by atoms with van der Waals surface area (Å²) in [5.74, 6) is 0.0463. The standard InChI is InChI=1S/C5H7N3O3/c1-7-5(8(9)10)4(11-2)3-6-7/h3H,1-2H3. The second kappa shape index (κ2) is 2.57. The highest BCUT2D eigenvalue weighted by atomic mass is 16.6. The van der Waals surface area contributed by atoms with Gasteiger partial charge in [-0.05, 0) is 4.92 Å². The van der Waals surface area contributed by atoms with Crippen LogP contribution in [0.15, 0.2) is 6.20 Å². The molecule has 0 fully saturated rings. The Kier molecular flexibility index (Phi) is 1.75. The summed E-state index contributed by atoms with van der Waals surface area (Å²) in [6.07, 6.45) is 1.30. The zero-order chi connectivity index (χ0) is 8.43. The minimum Gasteiger partial charge on any atom is -0.488 e. The van der Waals surface area contributed by atoms with E-state index in [1.54, 1.807) is 0 Å². The average Bonchev–Trinajstić information content (AvgIpc) is 2.30. The van der Waals surface area contributed by atoms with Gasteiger partial charge < -0.3 is 14.9 Å². The number of hydrogen-bond donors (Lipinski definition) is 0. The van der Waals surface area contributed by atoms with Crippen LogP contribution in [-0.4, -0.2) is 21.8 Å². The van der Waals surface area contributed by atoms with E-state index in [9.17, 15) is 10.1 Å². The Morgan fingerprint density at radius 2 is 2.45 bits per heavy atom. The third kappa shape index (κ3) is 1.14. The summed E-state index contributed by atoms with van der Waals surface area (Å²) in [5.41, 5.74) is 0. The molecular formula is C5H7N3O3. The lowest BCUT2D eigenvalue weighted by atomic mass is 10.6. The summed E-state index contributed by atoms with van der Waals surface area (Å²) >= 11 is 0. The summed E-state index contributed by atoms with van der Waals surface area (Å²) in [7, 11) is 2.85. The molecular weight excluding hydrogens is 150 g/mol. The summed E-state index contributed by atoms with van der Waals surface area (Å²) < 4.78 is 5.85. The minimum absolute atomic E-state index is 0.132. The van der Waals surface area contributed by atoms with E-state index >= 15 is 0 Å². The third-order valence-electron chi connectivity index (χ3n) is 1.27. The van der Waals surface area contributed by atoms with Crippen molar-refractivity contribution >= 4 is 5.82 Å². The molecule has 0 aliphatic heterocycles. The van der Waals surface area contributed by atoms with E-state index in [2.05, 4.69) is 5.10 Å². The highest BCUT2D eigenvalue weighted by Gasteiger charge is 2.19. The molecule has 6 nitrogen and oxygen atoms in total. The zero-order valence-corrected chi connectivity index (χ0v) is 6.14. The largest absolute Gasteiger partial charge is 0.488 e. The number of hydrogen-bond acceptors (Lipinski definition) is 4. The number of rotatable bonds is 2. The fraction of sp³-hybridized carbons (Fsp3) is 0.400. The van der Waals surface area contributed by atoms with Crippen LogP contribution < -0.4 is 4.74 Å². The molecule has 1 aromatic rings. The van der Waals surface area contributed by atoms with E-state index in [1.807, 2.05) is 0 Å². The van der Waals surface area contributed by atoms with Crippen LogP contribution in [-0.2, 0) is 7.05 Å². The summed E-state index contributed by atoms with van der Waals surface area (Å²) in [4.78, 5) is 9.79. The van der Waals surface area contributed by atoms with Crippen LogP contribution in [0, 0.1) is 10.1 Å². The molecule has 0 saturated heterocycles. The van der Waals surface area contributed by atoms with Crippen LogP contribution in [0.1, 0.15) is 0 Å². The molecule has 1 aromatic heterocycles. The van der Waals surface area contributed by atoms with Gasteiger partial charge in [-0.2, -0.15) is 0 Å². The van der Waals surface area contributed by atoms with Crippen LogP contribution in [0.2, 0.25) is 0 Å². The van der Waals surface area contributed by atoms with Crippen molar-refractivity contribution in [2.75, 3.05) is 7.11 Å². The lowest BCUT2D eigenvalue weighted by Crippen LogP contribution is -1.99. The highest BCUT2D eigenvalue weighted by molar-refractivity contribution is 5.37. The number of aryl methyl sites for hydroxylation is 1. The summed E-state index contributed by atoms with van der Waals surface area (Å²) in [5, 5.41) is 14.0. The minimum atomic E-state index is -0.536. The van der Waals surface area contributed by atoms with Gasteiger partial charge in [0.25, 0.3) is 0 Å². The maximum atomic E-state index is 10.3. The predicted molar refractivity (Wildman–Crippen MR) is 36.4 cm³/mol. The van der Waals surface area contributed by atoms with Crippen LogP contribution in [0.3, 0.4) is 0 Å². The first-order valence-corrected chi connectivity index (χ1v) is 2.87. The summed E-state index contributed by atoms with van der Waals surface area (Å²) in [6.45, 7) is 0. The van der Waals surface area contributed by atoms with Crippen molar-refractivity contribution in [3.63, 3.8) is 0 Å². The fourth-order valence-corrected chi connectivity index (χ4v) is 0.763. The zero-order valence-electron chi connectivity index (χ0n) is 6.14. The normalized spacial score (nSPS) is 9.64. The Labute approximate surface area is 62.5 Å². The first-order chi connectivity index (χ1) is 5.16. The van der Waals surface area contributed by atoms with Gasteiger partial charge in [-0.25, -0.2) is 0 Å². The maximum Gasteiger partial charge on any atom is 0.387 e. The molecule has 0 radical (unpaired) electrons. The van der Waals surface area contributed by atoms with E-state index < -0.39 is 4.92 Å². The SMILES string of the molecule is COc1cnn(C)c1[N+](=O)[O-]. The van der Waals surface area contributed by atoms with Gasteiger partial charge in [-0.15, -0.1) is 4.68 Å². The Hall–Kier alpha value is -1.59. The average molecular weight is 157 g/mol. The molecule has 0 aromatic carbocycles. The van der Waals surface area contributed by atoms with Gasteiger partial charge in [0.2, 0.25) is 5.75 Å². The quantitative estimate of drug-likeness (QED) is 0.458. The molecule has 60 valence electrons. The smallest absolute Gasteiger partial charge is 0.387 e. The predicted octanol–water partition coefficient (Wildman–Crippen LogP) is 0.337. The van der Waals surface area contributed by atoms with Crippen LogP contribution in [0.5, 0.6) is 5.75 Å². The van der Waals surface area contributed by atoms with Gasteiger partial charge in [-0.3, -0.25) is 0 Å². The maximum absolute atomic E-state index is 10.3. The third-order valence-corrected chi connectivity index (χ3v) is 1.27. The second-order valence-electron chi connectivity index (χ2n) is 1.92. The van der Waals surface area contributed by atoms with E-state index in [0.29, 0.717) is 0 Å². The van der Waals surface area contributed by atoms with Gasteiger partial charge in [0.15, 0.2) is 0 Å². The second-order valence-corrected chi connectivity index (χ2v) is 1.92. The van der Waals surface area contributed by atoms with Gasteiger partial charge in [0.05, 0.1) is 7.11 Å². The Bertz CT molecular complexity index is 281. The first-order valence-electron chi connectivity index (χ1n) is 2.87. The molecule has 1 rings (SSSR count). The highest BCUT2D eigenvalue weighted by Crippen LogP contribution is 2.23. The van der Waals surface area contributed by atoms with Gasteiger partial charge >= 0.3 is 5.82 Å². The number of aromatic nitrogens is 2. The van der Waals surface area contributed by atoms with Gasteiger partial charge in [0.1, 0.15) is 13.2 Å². The number of nitrogens with zero attached hydrogens (tertiary/aromatic N) is 3. The summed E-state index contributed by atoms with van der Waals surface area (Å²) in [6, 6.07) is 0. The van der Waals surface area contributed by atoms with E-state index in [1.165, 1.54) is 20.4 Å². The molecule has 0 amide bonds. The molecule has 0 N–H and O–H groups in total. The first kappa shape index (κ1) is 7.52. The molecule has 0 unspecified atom stereocenters. The molecule has 0 aliphatic rings. The molecule has 0 bridgehead atoms. The molecule has 0 atom stereocenters. The van der Waals surface area contributed by atoms with Crippen molar-refractivity contribution < 1.29 is 9.66 Å². The fourth-order valence-electron chi connectivity index (χ4n) is 0.763. The van der Waals surface area contributed by atoms with Crippen LogP contribution >= 0.6 is 0 Å². The molecule has 0 spiro atoms. The molecule has 0 aliphatic carbocycles. The van der Waals surface area contributed by atoms with Crippen molar-refractivity contribution in [1.29, 1.82) is 0 Å². The van der Waals surface area contributed by atoms with E-state index in [4.69, 9.17) is 4.74 Å². The van der Waals surface area contributed by atoms with Crippen molar-refractivity contribution in [3.8, 4) is 5.75 Å². The topological polar surface area (TPSA) is 70.2 Å². The Balaban J connectivity index is 3.17. The lowest BCUT2D eigenvalue weighted by molar-refractivity contribution is -0.393. The Morgan fingerprint density at radius 3 is 2.82 bits per heavy atom. The monoisotopic (exact) mass is 157 g/mol. The van der Waals surface area contributed by atoms with Crippen molar-refractivity contribution in [2.45, 2.75) is 0 Å².